The maximum absolute atomic E-state index is 11.4. The Morgan fingerprint density at radius 1 is 1.33 bits per heavy atom. The summed E-state index contributed by atoms with van der Waals surface area (Å²) in [7, 11) is 0. The fourth-order valence-corrected chi connectivity index (χ4v) is 1.29. The van der Waals surface area contributed by atoms with Gasteiger partial charge in [0, 0.05) is 6.04 Å². The minimum atomic E-state index is -1.24. The zero-order valence-corrected chi connectivity index (χ0v) is 8.91. The Morgan fingerprint density at radius 3 is 2.33 bits per heavy atom. The van der Waals surface area contributed by atoms with Crippen molar-refractivity contribution >= 4 is 12.0 Å². The number of rotatable bonds is 3. The zero-order chi connectivity index (χ0) is 11.5. The molecule has 0 heterocycles. The van der Waals surface area contributed by atoms with Crippen LogP contribution in [-0.2, 0) is 4.79 Å². The van der Waals surface area contributed by atoms with E-state index in [0.717, 1.165) is 12.8 Å². The molecule has 0 spiro atoms. The summed E-state index contributed by atoms with van der Waals surface area (Å²) in [6.45, 7) is 2.89. The normalized spacial score (nSPS) is 16.4. The van der Waals surface area contributed by atoms with Crippen LogP contribution < -0.4 is 10.6 Å². The van der Waals surface area contributed by atoms with Crippen LogP contribution in [0.2, 0.25) is 0 Å². The first-order valence-electron chi connectivity index (χ1n) is 4.89. The topological polar surface area (TPSA) is 78.4 Å². The Hall–Kier alpha value is -1.52. The average Bonchev–Trinajstić information content (AvgIpc) is 2.54. The van der Waals surface area contributed by atoms with E-state index in [0.29, 0.717) is 0 Å². The molecule has 0 atom stereocenters. The molecule has 0 aromatic carbocycles. The number of urea groups is 1. The van der Waals surface area contributed by atoms with Crippen molar-refractivity contribution in [3.63, 3.8) is 0 Å². The number of carboxylic acid groups (broad SMARTS) is 1. The Labute approximate surface area is 88.5 Å². The third kappa shape index (κ3) is 3.27. The Balaban J connectivity index is 2.38. The van der Waals surface area contributed by atoms with E-state index in [4.69, 9.17) is 5.11 Å². The molecule has 0 unspecified atom stereocenters. The highest BCUT2D eigenvalue weighted by atomic mass is 16.4. The zero-order valence-electron chi connectivity index (χ0n) is 8.91. The summed E-state index contributed by atoms with van der Waals surface area (Å²) in [5, 5.41) is 13.9. The highest BCUT2D eigenvalue weighted by molar-refractivity contribution is 5.85. The van der Waals surface area contributed by atoms with Gasteiger partial charge in [-0.2, -0.15) is 0 Å². The molecule has 3 N–H and O–H groups in total. The summed E-state index contributed by atoms with van der Waals surface area (Å²) in [6.07, 6.45) is 5.60. The van der Waals surface area contributed by atoms with E-state index < -0.39 is 17.5 Å². The molecule has 15 heavy (non-hydrogen) atoms. The summed E-state index contributed by atoms with van der Waals surface area (Å²) >= 11 is 0. The molecule has 84 valence electrons. The number of amides is 2. The number of hydrogen-bond donors (Lipinski definition) is 3. The SMILES string of the molecule is CC(C)(NC(=O)NC1CC=CC1)C(=O)O. The van der Waals surface area contributed by atoms with E-state index >= 15 is 0 Å². The molecular formula is C10H16N2O3. The predicted molar refractivity (Wildman–Crippen MR) is 55.5 cm³/mol. The molecule has 0 bridgehead atoms. The average molecular weight is 212 g/mol. The van der Waals surface area contributed by atoms with Gasteiger partial charge in [0.25, 0.3) is 0 Å². The summed E-state index contributed by atoms with van der Waals surface area (Å²) in [4.78, 5) is 22.1. The highest BCUT2D eigenvalue weighted by Gasteiger charge is 2.29. The molecule has 0 aromatic heterocycles. The third-order valence-electron chi connectivity index (χ3n) is 2.30. The molecule has 1 rings (SSSR count). The van der Waals surface area contributed by atoms with Gasteiger partial charge in [0.05, 0.1) is 0 Å². The maximum atomic E-state index is 11.4. The van der Waals surface area contributed by atoms with Crippen molar-refractivity contribution in [3.05, 3.63) is 12.2 Å². The molecule has 5 nitrogen and oxygen atoms in total. The highest BCUT2D eigenvalue weighted by Crippen LogP contribution is 2.09. The maximum Gasteiger partial charge on any atom is 0.328 e. The van der Waals surface area contributed by atoms with Crippen LogP contribution in [-0.4, -0.2) is 28.7 Å². The second-order valence-electron chi connectivity index (χ2n) is 4.17. The molecule has 5 heteroatoms. The van der Waals surface area contributed by atoms with Gasteiger partial charge in [-0.05, 0) is 26.7 Å². The van der Waals surface area contributed by atoms with Crippen molar-refractivity contribution in [1.82, 2.24) is 10.6 Å². The van der Waals surface area contributed by atoms with E-state index in [1.165, 1.54) is 13.8 Å². The van der Waals surface area contributed by atoms with Gasteiger partial charge in [-0.25, -0.2) is 9.59 Å². The van der Waals surface area contributed by atoms with Gasteiger partial charge >= 0.3 is 12.0 Å². The van der Waals surface area contributed by atoms with E-state index in [1.54, 1.807) is 0 Å². The van der Waals surface area contributed by atoms with E-state index in [2.05, 4.69) is 10.6 Å². The second-order valence-corrected chi connectivity index (χ2v) is 4.17. The minimum Gasteiger partial charge on any atom is -0.480 e. The van der Waals surface area contributed by atoms with Gasteiger partial charge in [-0.1, -0.05) is 12.2 Å². The van der Waals surface area contributed by atoms with Gasteiger partial charge in [-0.15, -0.1) is 0 Å². The van der Waals surface area contributed by atoms with Crippen LogP contribution in [0, 0.1) is 0 Å². The number of nitrogens with one attached hydrogen (secondary N) is 2. The summed E-state index contributed by atoms with van der Waals surface area (Å²) in [5.74, 6) is -1.05. The number of aliphatic carboxylic acids is 1. The standard InChI is InChI=1S/C10H16N2O3/c1-10(2,8(13)14)12-9(15)11-7-5-3-4-6-7/h3-4,7H,5-6H2,1-2H3,(H,13,14)(H2,11,12,15). The molecular weight excluding hydrogens is 196 g/mol. The largest absolute Gasteiger partial charge is 0.480 e. The lowest BCUT2D eigenvalue weighted by atomic mass is 10.1. The first-order chi connectivity index (χ1) is 6.92. The number of carbonyl (C=O) groups excluding carboxylic acids is 1. The molecule has 2 amide bonds. The van der Waals surface area contributed by atoms with Gasteiger partial charge in [0.1, 0.15) is 5.54 Å². The van der Waals surface area contributed by atoms with Gasteiger partial charge in [0.15, 0.2) is 0 Å². The predicted octanol–water partition coefficient (Wildman–Crippen LogP) is 0.867. The Bertz CT molecular complexity index is 289. The molecule has 0 fully saturated rings. The van der Waals surface area contributed by atoms with Crippen molar-refractivity contribution in [2.24, 2.45) is 0 Å². The van der Waals surface area contributed by atoms with Crippen LogP contribution in [0.4, 0.5) is 4.79 Å². The number of carboxylic acids is 1. The quantitative estimate of drug-likeness (QED) is 0.607. The smallest absolute Gasteiger partial charge is 0.328 e. The third-order valence-corrected chi connectivity index (χ3v) is 2.30. The van der Waals surface area contributed by atoms with E-state index in [-0.39, 0.29) is 6.04 Å². The Kier molecular flexibility index (Phi) is 3.34. The van der Waals surface area contributed by atoms with E-state index in [9.17, 15) is 9.59 Å². The molecule has 0 saturated heterocycles. The lowest BCUT2D eigenvalue weighted by molar-refractivity contribution is -0.142. The van der Waals surface area contributed by atoms with Crippen molar-refractivity contribution in [3.8, 4) is 0 Å². The molecule has 0 radical (unpaired) electrons. The van der Waals surface area contributed by atoms with Gasteiger partial charge < -0.3 is 15.7 Å². The minimum absolute atomic E-state index is 0.0922. The van der Waals surface area contributed by atoms with Crippen molar-refractivity contribution < 1.29 is 14.7 Å². The van der Waals surface area contributed by atoms with Crippen LogP contribution in [0.25, 0.3) is 0 Å². The lowest BCUT2D eigenvalue weighted by Crippen LogP contribution is -2.54. The van der Waals surface area contributed by atoms with Crippen molar-refractivity contribution in [2.75, 3.05) is 0 Å². The summed E-state index contributed by atoms with van der Waals surface area (Å²) < 4.78 is 0. The van der Waals surface area contributed by atoms with Crippen LogP contribution >= 0.6 is 0 Å². The molecule has 0 aromatic rings. The van der Waals surface area contributed by atoms with Gasteiger partial charge in [-0.3, -0.25) is 0 Å². The Morgan fingerprint density at radius 2 is 1.87 bits per heavy atom. The summed E-state index contributed by atoms with van der Waals surface area (Å²) in [6, 6.07) is -0.342. The van der Waals surface area contributed by atoms with Crippen LogP contribution in [0.3, 0.4) is 0 Å². The van der Waals surface area contributed by atoms with E-state index in [1.807, 2.05) is 12.2 Å². The molecule has 0 saturated carbocycles. The van der Waals surface area contributed by atoms with Crippen molar-refractivity contribution in [2.45, 2.75) is 38.3 Å². The van der Waals surface area contributed by atoms with Crippen LogP contribution in [0.1, 0.15) is 26.7 Å². The fraction of sp³-hybridized carbons (Fsp3) is 0.600. The first kappa shape index (κ1) is 11.6. The monoisotopic (exact) mass is 212 g/mol. The first-order valence-corrected chi connectivity index (χ1v) is 4.89. The molecule has 0 aliphatic heterocycles. The number of hydrogen-bond acceptors (Lipinski definition) is 2. The van der Waals surface area contributed by atoms with Crippen LogP contribution in [0.5, 0.6) is 0 Å². The summed E-state index contributed by atoms with van der Waals surface area (Å²) in [5.41, 5.74) is -1.24. The number of carbonyl (C=O) groups is 2. The lowest BCUT2D eigenvalue weighted by Gasteiger charge is -2.22. The van der Waals surface area contributed by atoms with Crippen molar-refractivity contribution in [1.29, 1.82) is 0 Å². The molecule has 1 aliphatic carbocycles. The van der Waals surface area contributed by atoms with Gasteiger partial charge in [0.2, 0.25) is 0 Å². The fourth-order valence-electron chi connectivity index (χ4n) is 1.29. The molecule has 1 aliphatic rings. The second kappa shape index (κ2) is 4.33. The van der Waals surface area contributed by atoms with Crippen LogP contribution in [0.15, 0.2) is 12.2 Å².